The highest BCUT2D eigenvalue weighted by atomic mass is 79.9. The molecule has 2 aromatic heterocycles. The second-order valence-electron chi connectivity index (χ2n) is 6.87. The number of carbonyl (C=O) groups excluding carboxylic acids is 1. The molecule has 26 heavy (non-hydrogen) atoms. The molecule has 3 aromatic rings. The molecule has 0 radical (unpaired) electrons. The van der Waals surface area contributed by atoms with E-state index in [1.807, 2.05) is 50.4 Å². The van der Waals surface area contributed by atoms with Crippen LogP contribution in [0.15, 0.2) is 38.6 Å². The lowest BCUT2D eigenvalue weighted by atomic mass is 9.97. The number of aromatic nitrogens is 3. The van der Waals surface area contributed by atoms with Crippen LogP contribution in [0.3, 0.4) is 0 Å². The zero-order valence-corrected chi connectivity index (χ0v) is 17.1. The molecule has 0 atom stereocenters. The summed E-state index contributed by atoms with van der Waals surface area (Å²) in [6.45, 7) is 6.22. The molecule has 0 aliphatic carbocycles. The minimum atomic E-state index is -0.210. The van der Waals surface area contributed by atoms with Gasteiger partial charge in [-0.25, -0.2) is 4.98 Å². The normalized spacial score (nSPS) is 11.5. The van der Waals surface area contributed by atoms with Crippen LogP contribution in [0, 0.1) is 0 Å². The smallest absolute Gasteiger partial charge is 0.232 e. The summed E-state index contributed by atoms with van der Waals surface area (Å²) in [4.78, 5) is 21.0. The van der Waals surface area contributed by atoms with E-state index in [1.165, 1.54) is 11.3 Å². The zero-order valence-electron chi connectivity index (χ0n) is 14.7. The van der Waals surface area contributed by atoms with E-state index in [1.54, 1.807) is 0 Å². The van der Waals surface area contributed by atoms with E-state index in [-0.39, 0.29) is 24.3 Å². The van der Waals surface area contributed by atoms with E-state index in [9.17, 15) is 4.79 Å². The van der Waals surface area contributed by atoms with Crippen molar-refractivity contribution in [3.8, 4) is 10.6 Å². The number of nitrogens with one attached hydrogen (secondary N) is 1. The average molecular weight is 435 g/mol. The third-order valence-electron chi connectivity index (χ3n) is 3.52. The summed E-state index contributed by atoms with van der Waals surface area (Å²) >= 11 is 4.98. The maximum atomic E-state index is 12.1. The summed E-state index contributed by atoms with van der Waals surface area (Å²) in [5, 5.41) is 9.49. The first-order chi connectivity index (χ1) is 12.3. The SMILES string of the molecule is CC(C)(C)c1nc(CNC(=O)Cc2csc(-c3cccc(Br)c3)n2)no1. The third-order valence-corrected chi connectivity index (χ3v) is 4.95. The minimum absolute atomic E-state index is 0.127. The molecule has 0 saturated heterocycles. The predicted molar refractivity (Wildman–Crippen MR) is 104 cm³/mol. The lowest BCUT2D eigenvalue weighted by molar-refractivity contribution is -0.120. The van der Waals surface area contributed by atoms with Crippen molar-refractivity contribution >= 4 is 33.2 Å². The molecule has 2 heterocycles. The number of halogens is 1. The Morgan fingerprint density at radius 2 is 2.12 bits per heavy atom. The molecule has 1 aromatic carbocycles. The van der Waals surface area contributed by atoms with Gasteiger partial charge in [-0.05, 0) is 12.1 Å². The quantitative estimate of drug-likeness (QED) is 0.653. The molecule has 1 amide bonds. The molecule has 0 aliphatic heterocycles. The minimum Gasteiger partial charge on any atom is -0.348 e. The fourth-order valence-corrected chi connectivity index (χ4v) is 3.39. The number of carbonyl (C=O) groups is 1. The van der Waals surface area contributed by atoms with Crippen LogP contribution >= 0.6 is 27.3 Å². The first-order valence-corrected chi connectivity index (χ1v) is 9.78. The number of amides is 1. The van der Waals surface area contributed by atoms with Crippen molar-refractivity contribution in [3.63, 3.8) is 0 Å². The number of benzene rings is 1. The summed E-state index contributed by atoms with van der Waals surface area (Å²) in [6.07, 6.45) is 0.217. The van der Waals surface area contributed by atoms with Crippen molar-refractivity contribution in [2.45, 2.75) is 39.2 Å². The van der Waals surface area contributed by atoms with Gasteiger partial charge < -0.3 is 9.84 Å². The monoisotopic (exact) mass is 434 g/mol. The van der Waals surface area contributed by atoms with Crippen LogP contribution in [0.1, 0.15) is 38.2 Å². The summed E-state index contributed by atoms with van der Waals surface area (Å²) < 4.78 is 6.21. The van der Waals surface area contributed by atoms with Crippen molar-refractivity contribution < 1.29 is 9.32 Å². The summed E-state index contributed by atoms with van der Waals surface area (Å²) in [5.41, 5.74) is 1.56. The molecular formula is C18H19BrN4O2S. The lowest BCUT2D eigenvalue weighted by Crippen LogP contribution is -2.25. The average Bonchev–Trinajstić information content (AvgIpc) is 3.22. The zero-order chi connectivity index (χ0) is 18.7. The maximum Gasteiger partial charge on any atom is 0.232 e. The molecule has 0 bridgehead atoms. The van der Waals surface area contributed by atoms with Gasteiger partial charge in [0.15, 0.2) is 5.82 Å². The van der Waals surface area contributed by atoms with Crippen molar-refractivity contribution in [2.24, 2.45) is 0 Å². The van der Waals surface area contributed by atoms with Gasteiger partial charge in [0.2, 0.25) is 11.8 Å². The Balaban J connectivity index is 1.56. The van der Waals surface area contributed by atoms with Gasteiger partial charge in [0.05, 0.1) is 18.7 Å². The molecule has 0 saturated carbocycles. The molecule has 6 nitrogen and oxygen atoms in total. The first kappa shape index (κ1) is 18.7. The highest BCUT2D eigenvalue weighted by Crippen LogP contribution is 2.26. The Hall–Kier alpha value is -2.06. The standard InChI is InChI=1S/C18H19BrN4O2S/c1-18(2,3)17-22-14(23-25-17)9-20-15(24)8-13-10-26-16(21-13)11-5-4-6-12(19)7-11/h4-7,10H,8-9H2,1-3H3,(H,20,24). The van der Waals surface area contributed by atoms with Crippen LogP contribution in [0.5, 0.6) is 0 Å². The molecule has 0 aliphatic rings. The first-order valence-electron chi connectivity index (χ1n) is 8.11. The van der Waals surface area contributed by atoms with Crippen LogP contribution in [-0.4, -0.2) is 21.0 Å². The molecule has 1 N–H and O–H groups in total. The van der Waals surface area contributed by atoms with Crippen LogP contribution in [0.25, 0.3) is 10.6 Å². The van der Waals surface area contributed by atoms with E-state index in [0.717, 1.165) is 20.7 Å². The number of thiazole rings is 1. The summed E-state index contributed by atoms with van der Waals surface area (Å²) in [6, 6.07) is 7.93. The van der Waals surface area contributed by atoms with E-state index < -0.39 is 0 Å². The maximum absolute atomic E-state index is 12.1. The van der Waals surface area contributed by atoms with Crippen LogP contribution in [0.4, 0.5) is 0 Å². The van der Waals surface area contributed by atoms with Gasteiger partial charge in [-0.1, -0.05) is 54.0 Å². The number of rotatable bonds is 5. The molecular weight excluding hydrogens is 416 g/mol. The van der Waals surface area contributed by atoms with E-state index in [0.29, 0.717) is 11.7 Å². The van der Waals surface area contributed by atoms with Gasteiger partial charge in [0.25, 0.3) is 0 Å². The largest absolute Gasteiger partial charge is 0.348 e. The van der Waals surface area contributed by atoms with Crippen molar-refractivity contribution in [3.05, 3.63) is 51.5 Å². The summed E-state index contributed by atoms with van der Waals surface area (Å²) in [5.74, 6) is 0.898. The Morgan fingerprint density at radius 3 is 2.81 bits per heavy atom. The van der Waals surface area contributed by atoms with Gasteiger partial charge in [-0.2, -0.15) is 4.98 Å². The van der Waals surface area contributed by atoms with Crippen molar-refractivity contribution in [2.75, 3.05) is 0 Å². The molecule has 0 spiro atoms. The van der Waals surface area contributed by atoms with Crippen molar-refractivity contribution in [1.82, 2.24) is 20.4 Å². The van der Waals surface area contributed by atoms with Gasteiger partial charge in [0.1, 0.15) is 5.01 Å². The molecule has 0 unspecified atom stereocenters. The van der Waals surface area contributed by atoms with Crippen LogP contribution < -0.4 is 5.32 Å². The van der Waals surface area contributed by atoms with Gasteiger partial charge in [-0.15, -0.1) is 11.3 Å². The van der Waals surface area contributed by atoms with Gasteiger partial charge in [0, 0.05) is 20.8 Å². The lowest BCUT2D eigenvalue weighted by Gasteiger charge is -2.10. The highest BCUT2D eigenvalue weighted by Gasteiger charge is 2.21. The van der Waals surface area contributed by atoms with Gasteiger partial charge >= 0.3 is 0 Å². The second kappa shape index (κ2) is 7.67. The summed E-state index contributed by atoms with van der Waals surface area (Å²) in [7, 11) is 0. The molecule has 0 fully saturated rings. The Labute approximate surface area is 164 Å². The van der Waals surface area contributed by atoms with Crippen molar-refractivity contribution in [1.29, 1.82) is 0 Å². The molecule has 8 heteroatoms. The predicted octanol–water partition coefficient (Wildman–Crippen LogP) is 4.11. The second-order valence-corrected chi connectivity index (χ2v) is 8.65. The Kier molecular flexibility index (Phi) is 5.52. The fraction of sp³-hybridized carbons (Fsp3) is 0.333. The van der Waals surface area contributed by atoms with E-state index in [2.05, 4.69) is 36.4 Å². The molecule has 136 valence electrons. The number of nitrogens with zero attached hydrogens (tertiary/aromatic N) is 3. The fourth-order valence-electron chi connectivity index (χ4n) is 2.18. The molecule has 3 rings (SSSR count). The third kappa shape index (κ3) is 4.76. The van der Waals surface area contributed by atoms with E-state index in [4.69, 9.17) is 4.52 Å². The Bertz CT molecular complexity index is 914. The Morgan fingerprint density at radius 1 is 1.31 bits per heavy atom. The van der Waals surface area contributed by atoms with Crippen LogP contribution in [0.2, 0.25) is 0 Å². The number of hydrogen-bond acceptors (Lipinski definition) is 6. The van der Waals surface area contributed by atoms with Gasteiger partial charge in [-0.3, -0.25) is 4.79 Å². The van der Waals surface area contributed by atoms with Crippen LogP contribution in [-0.2, 0) is 23.2 Å². The topological polar surface area (TPSA) is 80.9 Å². The van der Waals surface area contributed by atoms with E-state index >= 15 is 0 Å². The highest BCUT2D eigenvalue weighted by molar-refractivity contribution is 9.10. The number of hydrogen-bond donors (Lipinski definition) is 1.